The highest BCUT2D eigenvalue weighted by atomic mass is 16.4. The number of amides is 1. The zero-order chi connectivity index (χ0) is 16.1. The average molecular weight is 304 g/mol. The summed E-state index contributed by atoms with van der Waals surface area (Å²) in [5, 5.41) is 12.0. The summed E-state index contributed by atoms with van der Waals surface area (Å²) in [6.07, 6.45) is 0.315. The molecule has 3 heterocycles. The maximum Gasteiger partial charge on any atom is 0.429 e. The third-order valence-corrected chi connectivity index (χ3v) is 3.13. The summed E-state index contributed by atoms with van der Waals surface area (Å²) < 4.78 is 5.39. The molecule has 0 spiro atoms. The highest BCUT2D eigenvalue weighted by Crippen LogP contribution is 2.42. The number of nitrogens with zero attached hydrogens (tertiary/aromatic N) is 4. The number of carbonyl (C=O) groups is 1. The molecule has 0 atom stereocenters. The molecule has 0 saturated heterocycles. The molecular formula is C13H16N6O3. The van der Waals surface area contributed by atoms with Crippen LogP contribution in [0.25, 0.3) is 11.5 Å². The van der Waals surface area contributed by atoms with Crippen molar-refractivity contribution in [2.75, 3.05) is 15.8 Å². The summed E-state index contributed by atoms with van der Waals surface area (Å²) in [7, 11) is 0. The number of hydrazine groups is 2. The fourth-order valence-electron chi connectivity index (χ4n) is 2.22. The van der Waals surface area contributed by atoms with E-state index in [4.69, 9.17) is 10.2 Å². The lowest BCUT2D eigenvalue weighted by Crippen LogP contribution is -2.54. The van der Waals surface area contributed by atoms with Crippen LogP contribution in [-0.4, -0.2) is 26.7 Å². The Kier molecular flexibility index (Phi) is 2.96. The lowest BCUT2D eigenvalue weighted by atomic mass is 10.1. The van der Waals surface area contributed by atoms with Crippen LogP contribution in [0.2, 0.25) is 0 Å². The topological polar surface area (TPSA) is 121 Å². The first-order valence-corrected chi connectivity index (χ1v) is 6.60. The molecule has 4 N–H and O–H groups in total. The van der Waals surface area contributed by atoms with E-state index in [9.17, 15) is 9.90 Å². The second kappa shape index (κ2) is 4.60. The summed E-state index contributed by atoms with van der Waals surface area (Å²) >= 11 is 0. The Morgan fingerprint density at radius 2 is 2.14 bits per heavy atom. The number of fused-ring (bicyclic) bond motifs is 1. The first-order chi connectivity index (χ1) is 10.3. The van der Waals surface area contributed by atoms with Crippen molar-refractivity contribution < 1.29 is 14.3 Å². The Labute approximate surface area is 126 Å². The fraction of sp³-hybridized carbons (Fsp3) is 0.308. The van der Waals surface area contributed by atoms with E-state index < -0.39 is 11.6 Å². The maximum atomic E-state index is 11.5. The number of anilines is 3. The molecule has 1 amide bonds. The van der Waals surface area contributed by atoms with E-state index in [0.29, 0.717) is 17.1 Å². The molecule has 9 heteroatoms. The van der Waals surface area contributed by atoms with Crippen molar-refractivity contribution in [3.63, 3.8) is 0 Å². The van der Waals surface area contributed by atoms with Gasteiger partial charge in [-0.2, -0.15) is 9.99 Å². The minimum atomic E-state index is -1.20. The number of nitrogen functional groups attached to an aromatic ring is 1. The van der Waals surface area contributed by atoms with Crippen molar-refractivity contribution in [3.8, 4) is 11.5 Å². The average Bonchev–Trinajstić information content (AvgIpc) is 3.03. The summed E-state index contributed by atoms with van der Waals surface area (Å²) in [4.78, 5) is 19.7. The third-order valence-electron chi connectivity index (χ3n) is 3.13. The highest BCUT2D eigenvalue weighted by Gasteiger charge is 2.40. The smallest absolute Gasteiger partial charge is 0.429 e. The van der Waals surface area contributed by atoms with Crippen molar-refractivity contribution in [1.29, 1.82) is 0 Å². The molecule has 1 aliphatic rings. The van der Waals surface area contributed by atoms with Crippen LogP contribution < -0.4 is 21.3 Å². The van der Waals surface area contributed by atoms with Gasteiger partial charge in [0.25, 0.3) is 0 Å². The van der Waals surface area contributed by atoms with Gasteiger partial charge >= 0.3 is 6.09 Å². The van der Waals surface area contributed by atoms with Crippen molar-refractivity contribution in [3.05, 3.63) is 18.4 Å². The number of hydrogen-bond donors (Lipinski definition) is 3. The van der Waals surface area contributed by atoms with E-state index in [1.54, 1.807) is 17.1 Å². The Hall–Kier alpha value is -2.81. The van der Waals surface area contributed by atoms with Crippen LogP contribution in [0.1, 0.15) is 20.8 Å². The number of nitrogens with one attached hydrogen (secondary N) is 1. The second-order valence-corrected chi connectivity index (χ2v) is 5.80. The van der Waals surface area contributed by atoms with Gasteiger partial charge in [-0.15, -0.1) is 5.53 Å². The molecule has 9 nitrogen and oxygen atoms in total. The third kappa shape index (κ3) is 2.11. The molecule has 2 aromatic rings. The van der Waals surface area contributed by atoms with Crippen molar-refractivity contribution in [2.24, 2.45) is 0 Å². The fourth-order valence-corrected chi connectivity index (χ4v) is 2.22. The minimum absolute atomic E-state index is 0.0334. The lowest BCUT2D eigenvalue weighted by Gasteiger charge is -2.33. The van der Waals surface area contributed by atoms with E-state index in [2.05, 4.69) is 15.5 Å². The van der Waals surface area contributed by atoms with Gasteiger partial charge in [0.15, 0.2) is 11.6 Å². The van der Waals surface area contributed by atoms with E-state index in [-0.39, 0.29) is 11.8 Å². The van der Waals surface area contributed by atoms with Crippen LogP contribution in [0, 0.1) is 0 Å². The predicted molar refractivity (Wildman–Crippen MR) is 80.0 cm³/mol. The Bertz CT molecular complexity index is 722. The van der Waals surface area contributed by atoms with Crippen molar-refractivity contribution >= 4 is 23.5 Å². The van der Waals surface area contributed by atoms with Crippen LogP contribution in [0.3, 0.4) is 0 Å². The van der Waals surface area contributed by atoms with Crippen molar-refractivity contribution in [2.45, 2.75) is 26.3 Å². The molecule has 0 radical (unpaired) electrons. The van der Waals surface area contributed by atoms with Gasteiger partial charge in [-0.25, -0.2) is 9.78 Å². The number of aromatic nitrogens is 2. The minimum Gasteiger partial charge on any atom is -0.464 e. The SMILES string of the molecule is CC(C)(C)N1NN(C(=O)O)c2nc(N)nc(-c3ccco3)c21. The van der Waals surface area contributed by atoms with Gasteiger partial charge in [-0.1, -0.05) is 0 Å². The molecule has 1 aliphatic heterocycles. The summed E-state index contributed by atoms with van der Waals surface area (Å²) in [6, 6.07) is 3.45. The molecule has 3 rings (SSSR count). The molecule has 0 aromatic carbocycles. The van der Waals surface area contributed by atoms with E-state index in [1.165, 1.54) is 6.26 Å². The van der Waals surface area contributed by atoms with Crippen LogP contribution >= 0.6 is 0 Å². The van der Waals surface area contributed by atoms with E-state index in [1.807, 2.05) is 20.8 Å². The number of rotatable bonds is 1. The summed E-state index contributed by atoms with van der Waals surface area (Å²) in [5.41, 5.74) is 9.02. The Morgan fingerprint density at radius 1 is 1.41 bits per heavy atom. The van der Waals surface area contributed by atoms with Gasteiger partial charge in [0.05, 0.1) is 6.26 Å². The number of carboxylic acid groups (broad SMARTS) is 1. The van der Waals surface area contributed by atoms with E-state index >= 15 is 0 Å². The number of nitrogens with two attached hydrogens (primary N) is 1. The van der Waals surface area contributed by atoms with Crippen LogP contribution in [-0.2, 0) is 0 Å². The summed E-state index contributed by atoms with van der Waals surface area (Å²) in [5.74, 6) is 0.615. The van der Waals surface area contributed by atoms with Gasteiger partial charge in [0, 0.05) is 5.54 Å². The Balaban J connectivity index is 2.27. The number of furan rings is 1. The number of hydrogen-bond acceptors (Lipinski definition) is 7. The largest absolute Gasteiger partial charge is 0.464 e. The predicted octanol–water partition coefficient (Wildman–Crippen LogP) is 1.84. The van der Waals surface area contributed by atoms with Gasteiger partial charge < -0.3 is 15.3 Å². The maximum absolute atomic E-state index is 11.5. The lowest BCUT2D eigenvalue weighted by molar-refractivity contribution is 0.198. The van der Waals surface area contributed by atoms with Crippen LogP contribution in [0.4, 0.5) is 22.2 Å². The zero-order valence-corrected chi connectivity index (χ0v) is 12.4. The first-order valence-electron chi connectivity index (χ1n) is 6.60. The normalized spacial score (nSPS) is 14.3. The van der Waals surface area contributed by atoms with Crippen LogP contribution in [0.15, 0.2) is 22.8 Å². The second-order valence-electron chi connectivity index (χ2n) is 5.80. The van der Waals surface area contributed by atoms with Gasteiger partial charge in [0.1, 0.15) is 11.4 Å². The van der Waals surface area contributed by atoms with Crippen molar-refractivity contribution in [1.82, 2.24) is 15.5 Å². The first kappa shape index (κ1) is 14.1. The molecule has 2 aromatic heterocycles. The molecule has 0 saturated carbocycles. The summed E-state index contributed by atoms with van der Waals surface area (Å²) in [6.45, 7) is 5.78. The molecule has 0 unspecified atom stereocenters. The molecule has 0 aliphatic carbocycles. The van der Waals surface area contributed by atoms with Gasteiger partial charge in [-0.3, -0.25) is 5.01 Å². The highest BCUT2D eigenvalue weighted by molar-refractivity contribution is 5.96. The van der Waals surface area contributed by atoms with Crippen LogP contribution in [0.5, 0.6) is 0 Å². The van der Waals surface area contributed by atoms with Gasteiger partial charge in [-0.05, 0) is 32.9 Å². The molecular weight excluding hydrogens is 288 g/mol. The molecule has 0 bridgehead atoms. The molecule has 22 heavy (non-hydrogen) atoms. The zero-order valence-electron chi connectivity index (χ0n) is 12.4. The van der Waals surface area contributed by atoms with E-state index in [0.717, 1.165) is 5.01 Å². The Morgan fingerprint density at radius 3 is 2.68 bits per heavy atom. The molecule has 116 valence electrons. The standard InChI is InChI=1S/C13H16N6O3/c1-13(2,3)19-9-8(7-5-4-6-22-7)15-11(14)16-10(9)18(17-19)12(20)21/h4-6,17H,1-3H3,(H,20,21)(H2,14,15,16). The molecule has 0 fully saturated rings. The quantitative estimate of drug-likeness (QED) is 0.729. The van der Waals surface area contributed by atoms with Gasteiger partial charge in [0.2, 0.25) is 5.95 Å². The monoisotopic (exact) mass is 304 g/mol.